The van der Waals surface area contributed by atoms with E-state index in [1.165, 1.54) is 0 Å². The van der Waals surface area contributed by atoms with E-state index in [4.69, 9.17) is 0 Å². The van der Waals surface area contributed by atoms with Crippen molar-refractivity contribution < 1.29 is 4.79 Å². The number of rotatable bonds is 5. The van der Waals surface area contributed by atoms with Gasteiger partial charge in [0.25, 0.3) is 0 Å². The maximum Gasteiger partial charge on any atom is 0.244 e. The van der Waals surface area contributed by atoms with E-state index in [2.05, 4.69) is 25.0 Å². The van der Waals surface area contributed by atoms with Gasteiger partial charge in [-0.3, -0.25) is 9.48 Å². The maximum atomic E-state index is 12.7. The van der Waals surface area contributed by atoms with Gasteiger partial charge in [-0.15, -0.1) is 11.3 Å². The first-order chi connectivity index (χ1) is 12.7. The van der Waals surface area contributed by atoms with Crippen LogP contribution in [-0.4, -0.2) is 48.2 Å². The lowest BCUT2D eigenvalue weighted by Crippen LogP contribution is -2.41. The van der Waals surface area contributed by atoms with Gasteiger partial charge in [0.05, 0.1) is 17.7 Å². The van der Waals surface area contributed by atoms with Gasteiger partial charge in [-0.2, -0.15) is 5.10 Å². The van der Waals surface area contributed by atoms with Crippen LogP contribution in [0.15, 0.2) is 35.5 Å². The summed E-state index contributed by atoms with van der Waals surface area (Å²) < 4.78 is 3.92. The molecule has 0 aliphatic carbocycles. The van der Waals surface area contributed by atoms with Crippen LogP contribution in [0.4, 0.5) is 0 Å². The minimum atomic E-state index is 0.124. The van der Waals surface area contributed by atoms with Crippen molar-refractivity contribution in [1.29, 1.82) is 0 Å². The van der Waals surface area contributed by atoms with Crippen LogP contribution in [0.2, 0.25) is 0 Å². The van der Waals surface area contributed by atoms with Gasteiger partial charge in [-0.25, -0.2) is 9.97 Å². The highest BCUT2D eigenvalue weighted by molar-refractivity contribution is 7.07. The summed E-state index contributed by atoms with van der Waals surface area (Å²) in [5.41, 5.74) is 3.90. The SMILES string of the molecule is Cc1ccnn1CC(=O)N1CCC[C@H](c2nccn2Cc2cscn2)C1. The molecule has 1 fully saturated rings. The normalized spacial score (nSPS) is 17.6. The van der Waals surface area contributed by atoms with E-state index in [1.807, 2.05) is 35.8 Å². The molecule has 26 heavy (non-hydrogen) atoms. The number of aromatic nitrogens is 5. The van der Waals surface area contributed by atoms with Crippen molar-refractivity contribution in [1.82, 2.24) is 29.2 Å². The van der Waals surface area contributed by atoms with E-state index in [9.17, 15) is 4.79 Å². The van der Waals surface area contributed by atoms with Gasteiger partial charge in [0.15, 0.2) is 0 Å². The number of amides is 1. The minimum Gasteiger partial charge on any atom is -0.340 e. The number of hydrogen-bond acceptors (Lipinski definition) is 5. The lowest BCUT2D eigenvalue weighted by atomic mass is 9.97. The third-order valence-electron chi connectivity index (χ3n) is 4.92. The molecule has 136 valence electrons. The number of carbonyl (C=O) groups is 1. The van der Waals surface area contributed by atoms with E-state index >= 15 is 0 Å². The molecule has 0 N–H and O–H groups in total. The second-order valence-electron chi connectivity index (χ2n) is 6.70. The number of carbonyl (C=O) groups excluding carboxylic acids is 1. The highest BCUT2D eigenvalue weighted by Crippen LogP contribution is 2.26. The van der Waals surface area contributed by atoms with E-state index in [0.717, 1.165) is 43.1 Å². The molecule has 1 amide bonds. The molecule has 8 heteroatoms. The molecule has 0 unspecified atom stereocenters. The number of aryl methyl sites for hydroxylation is 1. The van der Waals surface area contributed by atoms with Crippen molar-refractivity contribution in [3.63, 3.8) is 0 Å². The van der Waals surface area contributed by atoms with Crippen LogP contribution in [0.3, 0.4) is 0 Å². The first-order valence-electron chi connectivity index (χ1n) is 8.85. The molecule has 0 spiro atoms. The van der Waals surface area contributed by atoms with Crippen LogP contribution >= 0.6 is 11.3 Å². The van der Waals surface area contributed by atoms with Crippen LogP contribution in [0.1, 0.15) is 36.0 Å². The first-order valence-corrected chi connectivity index (χ1v) is 9.79. The fourth-order valence-corrected chi connectivity index (χ4v) is 4.06. The molecule has 0 saturated carbocycles. The van der Waals surface area contributed by atoms with E-state index in [1.54, 1.807) is 22.2 Å². The Balaban J connectivity index is 1.45. The molecule has 7 nitrogen and oxygen atoms in total. The lowest BCUT2D eigenvalue weighted by Gasteiger charge is -2.32. The topological polar surface area (TPSA) is 68.8 Å². The number of nitrogens with zero attached hydrogens (tertiary/aromatic N) is 6. The van der Waals surface area contributed by atoms with Gasteiger partial charge >= 0.3 is 0 Å². The predicted molar refractivity (Wildman–Crippen MR) is 99.0 cm³/mol. The molecule has 1 aliphatic heterocycles. The Kier molecular flexibility index (Phi) is 4.83. The average molecular weight is 370 g/mol. The van der Waals surface area contributed by atoms with Crippen molar-refractivity contribution in [2.75, 3.05) is 13.1 Å². The van der Waals surface area contributed by atoms with Gasteiger partial charge < -0.3 is 9.47 Å². The number of piperidine rings is 1. The molecule has 0 bridgehead atoms. The zero-order valence-corrected chi connectivity index (χ0v) is 15.6. The monoisotopic (exact) mass is 370 g/mol. The zero-order valence-electron chi connectivity index (χ0n) is 14.8. The summed E-state index contributed by atoms with van der Waals surface area (Å²) in [5.74, 6) is 1.44. The summed E-state index contributed by atoms with van der Waals surface area (Å²) in [7, 11) is 0. The van der Waals surface area contributed by atoms with Crippen LogP contribution in [0.5, 0.6) is 0 Å². The smallest absolute Gasteiger partial charge is 0.244 e. The van der Waals surface area contributed by atoms with Gasteiger partial charge in [-0.1, -0.05) is 0 Å². The number of thiazole rings is 1. The quantitative estimate of drug-likeness (QED) is 0.691. The summed E-state index contributed by atoms with van der Waals surface area (Å²) in [5, 5.41) is 6.28. The Hall–Kier alpha value is -2.48. The van der Waals surface area contributed by atoms with Crippen molar-refractivity contribution in [2.45, 2.75) is 38.8 Å². The van der Waals surface area contributed by atoms with Crippen molar-refractivity contribution in [3.8, 4) is 0 Å². The summed E-state index contributed by atoms with van der Waals surface area (Å²) in [4.78, 5) is 23.6. The van der Waals surface area contributed by atoms with Crippen molar-refractivity contribution in [2.24, 2.45) is 0 Å². The Labute approximate surface area is 156 Å². The molecule has 1 atom stereocenters. The van der Waals surface area contributed by atoms with Crippen LogP contribution in [0.25, 0.3) is 0 Å². The van der Waals surface area contributed by atoms with Gasteiger partial charge in [0, 0.05) is 48.7 Å². The highest BCUT2D eigenvalue weighted by atomic mass is 32.1. The molecular weight excluding hydrogens is 348 g/mol. The third kappa shape index (κ3) is 3.55. The van der Waals surface area contributed by atoms with E-state index in [0.29, 0.717) is 13.1 Å². The highest BCUT2D eigenvalue weighted by Gasteiger charge is 2.27. The molecule has 3 aromatic rings. The van der Waals surface area contributed by atoms with Gasteiger partial charge in [0.2, 0.25) is 5.91 Å². The summed E-state index contributed by atoms with van der Waals surface area (Å²) in [6.45, 7) is 4.53. The molecule has 3 aromatic heterocycles. The van der Waals surface area contributed by atoms with Crippen molar-refractivity contribution in [3.05, 3.63) is 52.8 Å². The molecule has 4 heterocycles. The zero-order chi connectivity index (χ0) is 17.9. The van der Waals surface area contributed by atoms with Crippen LogP contribution in [-0.2, 0) is 17.9 Å². The van der Waals surface area contributed by atoms with Crippen molar-refractivity contribution >= 4 is 17.2 Å². The number of imidazole rings is 1. The molecular formula is C18H22N6OS. The molecule has 1 saturated heterocycles. The largest absolute Gasteiger partial charge is 0.340 e. The van der Waals surface area contributed by atoms with Crippen LogP contribution < -0.4 is 0 Å². The number of likely N-dealkylation sites (tertiary alicyclic amines) is 1. The van der Waals surface area contributed by atoms with E-state index in [-0.39, 0.29) is 11.8 Å². The standard InChI is InChI=1S/C18H22N6OS/c1-14-4-5-21-24(14)11-17(25)22-7-2-3-15(9-22)18-19-6-8-23(18)10-16-12-26-13-20-16/h4-6,8,12-13,15H,2-3,7,9-11H2,1H3/t15-/m0/s1. The minimum absolute atomic E-state index is 0.124. The van der Waals surface area contributed by atoms with Crippen LogP contribution in [0, 0.1) is 6.92 Å². The summed E-state index contributed by atoms with van der Waals surface area (Å²) in [6.07, 6.45) is 7.63. The Morgan fingerprint density at radius 2 is 2.27 bits per heavy atom. The predicted octanol–water partition coefficient (Wildman–Crippen LogP) is 2.30. The molecule has 0 radical (unpaired) electrons. The molecule has 0 aromatic carbocycles. The van der Waals surface area contributed by atoms with E-state index < -0.39 is 0 Å². The van der Waals surface area contributed by atoms with Gasteiger partial charge in [0.1, 0.15) is 12.4 Å². The fourth-order valence-electron chi connectivity index (χ4n) is 3.51. The fraction of sp³-hybridized carbons (Fsp3) is 0.444. The number of hydrogen-bond donors (Lipinski definition) is 0. The second-order valence-corrected chi connectivity index (χ2v) is 7.42. The third-order valence-corrected chi connectivity index (χ3v) is 5.55. The Morgan fingerprint density at radius 3 is 3.04 bits per heavy atom. The van der Waals surface area contributed by atoms with Gasteiger partial charge in [-0.05, 0) is 25.8 Å². The maximum absolute atomic E-state index is 12.7. The summed E-state index contributed by atoms with van der Waals surface area (Å²) >= 11 is 1.60. The molecule has 4 rings (SSSR count). The average Bonchev–Trinajstić information content (AvgIpc) is 3.39. The lowest BCUT2D eigenvalue weighted by molar-refractivity contribution is -0.133. The molecule has 1 aliphatic rings. The summed E-state index contributed by atoms with van der Waals surface area (Å²) in [6, 6.07) is 1.92. The Bertz CT molecular complexity index is 868. The Morgan fingerprint density at radius 1 is 1.35 bits per heavy atom. The first kappa shape index (κ1) is 17.0. The second kappa shape index (κ2) is 7.41.